The molecule has 0 spiro atoms. The summed E-state index contributed by atoms with van der Waals surface area (Å²) in [5.74, 6) is 2.15. The number of fused-ring (bicyclic) bond motifs is 2. The SMILES string of the molecule is COc1c2c(cc3c1C(CC(=O)c1ccc(C=Cc4ccccc4)cc1)N(C)CC3)OCO2. The summed E-state index contributed by atoms with van der Waals surface area (Å²) < 4.78 is 17.0. The molecular weight excluding hydrogens is 414 g/mol. The van der Waals surface area contributed by atoms with Gasteiger partial charge in [-0.05, 0) is 36.2 Å². The van der Waals surface area contributed by atoms with Gasteiger partial charge in [0.05, 0.1) is 7.11 Å². The lowest BCUT2D eigenvalue weighted by atomic mass is 9.87. The van der Waals surface area contributed by atoms with Crippen molar-refractivity contribution in [1.29, 1.82) is 0 Å². The predicted molar refractivity (Wildman–Crippen MR) is 129 cm³/mol. The van der Waals surface area contributed by atoms with E-state index in [1.807, 2.05) is 48.5 Å². The molecule has 5 heteroatoms. The highest BCUT2D eigenvalue weighted by Gasteiger charge is 2.35. The molecule has 5 nitrogen and oxygen atoms in total. The zero-order chi connectivity index (χ0) is 22.8. The molecule has 0 aliphatic carbocycles. The highest BCUT2D eigenvalue weighted by Crippen LogP contribution is 2.50. The fourth-order valence-electron chi connectivity index (χ4n) is 4.61. The van der Waals surface area contributed by atoms with Crippen molar-refractivity contribution in [1.82, 2.24) is 4.90 Å². The standard InChI is InChI=1S/C28H27NO4/c1-29-15-14-22-16-25-27(33-18-32-25)28(31-2)26(22)23(29)17-24(30)21-12-10-20(11-13-21)9-8-19-6-4-3-5-7-19/h3-13,16,23H,14-15,17-18H2,1-2H3. The smallest absolute Gasteiger partial charge is 0.231 e. The van der Waals surface area contributed by atoms with E-state index in [4.69, 9.17) is 14.2 Å². The van der Waals surface area contributed by atoms with Gasteiger partial charge in [0, 0.05) is 30.1 Å². The Labute approximate surface area is 194 Å². The normalized spacial score (nSPS) is 17.2. The Hall–Kier alpha value is -3.57. The first-order valence-corrected chi connectivity index (χ1v) is 11.2. The lowest BCUT2D eigenvalue weighted by Gasteiger charge is -2.35. The molecular formula is C28H27NO4. The van der Waals surface area contributed by atoms with Crippen molar-refractivity contribution in [3.63, 3.8) is 0 Å². The number of hydrogen-bond acceptors (Lipinski definition) is 5. The molecule has 0 saturated carbocycles. The summed E-state index contributed by atoms with van der Waals surface area (Å²) in [6, 6.07) is 19.9. The van der Waals surface area contributed by atoms with Crippen molar-refractivity contribution in [2.75, 3.05) is 27.5 Å². The second-order valence-corrected chi connectivity index (χ2v) is 8.46. The van der Waals surface area contributed by atoms with Crippen LogP contribution in [-0.4, -0.2) is 38.2 Å². The molecule has 2 aliphatic heterocycles. The number of carbonyl (C=O) groups is 1. The number of ketones is 1. The predicted octanol–water partition coefficient (Wildman–Crippen LogP) is 5.40. The molecule has 33 heavy (non-hydrogen) atoms. The van der Waals surface area contributed by atoms with Crippen molar-refractivity contribution >= 4 is 17.9 Å². The Morgan fingerprint density at radius 2 is 1.79 bits per heavy atom. The number of hydrogen-bond donors (Lipinski definition) is 0. The number of likely N-dealkylation sites (N-methyl/N-ethyl adjacent to an activating group) is 1. The molecule has 1 unspecified atom stereocenters. The lowest BCUT2D eigenvalue weighted by Crippen LogP contribution is -2.34. The summed E-state index contributed by atoms with van der Waals surface area (Å²) >= 11 is 0. The van der Waals surface area contributed by atoms with Crippen molar-refractivity contribution in [3.05, 3.63) is 88.5 Å². The lowest BCUT2D eigenvalue weighted by molar-refractivity contribution is 0.0925. The highest BCUT2D eigenvalue weighted by atomic mass is 16.7. The van der Waals surface area contributed by atoms with E-state index in [9.17, 15) is 4.79 Å². The molecule has 0 N–H and O–H groups in total. The first-order valence-electron chi connectivity index (χ1n) is 11.2. The summed E-state index contributed by atoms with van der Waals surface area (Å²) in [7, 11) is 3.70. The van der Waals surface area contributed by atoms with Crippen LogP contribution in [0, 0.1) is 0 Å². The molecule has 0 radical (unpaired) electrons. The largest absolute Gasteiger partial charge is 0.492 e. The molecule has 0 bridgehead atoms. The third-order valence-electron chi connectivity index (χ3n) is 6.43. The van der Waals surface area contributed by atoms with Crippen LogP contribution in [-0.2, 0) is 6.42 Å². The van der Waals surface area contributed by atoms with Crippen LogP contribution in [0.5, 0.6) is 17.2 Å². The Morgan fingerprint density at radius 3 is 2.52 bits per heavy atom. The van der Waals surface area contributed by atoms with E-state index in [0.29, 0.717) is 23.5 Å². The molecule has 0 saturated heterocycles. The van der Waals surface area contributed by atoms with Crippen molar-refractivity contribution < 1.29 is 19.0 Å². The van der Waals surface area contributed by atoms with Gasteiger partial charge in [0.15, 0.2) is 17.3 Å². The third-order valence-corrected chi connectivity index (χ3v) is 6.43. The van der Waals surface area contributed by atoms with E-state index >= 15 is 0 Å². The molecule has 3 aromatic carbocycles. The topological polar surface area (TPSA) is 48.0 Å². The molecule has 0 amide bonds. The minimum atomic E-state index is -0.0802. The number of methoxy groups -OCH3 is 1. The van der Waals surface area contributed by atoms with Gasteiger partial charge in [-0.2, -0.15) is 0 Å². The third kappa shape index (κ3) is 4.24. The van der Waals surface area contributed by atoms with Crippen LogP contribution in [0.1, 0.15) is 45.1 Å². The summed E-state index contributed by atoms with van der Waals surface area (Å²) in [5.41, 5.74) is 5.11. The van der Waals surface area contributed by atoms with E-state index in [-0.39, 0.29) is 18.6 Å². The molecule has 0 aromatic heterocycles. The quantitative estimate of drug-likeness (QED) is 0.379. The number of rotatable bonds is 6. The van der Waals surface area contributed by atoms with E-state index in [1.165, 1.54) is 0 Å². The maximum Gasteiger partial charge on any atom is 0.231 e. The minimum absolute atomic E-state index is 0.0802. The first-order chi connectivity index (χ1) is 16.1. The Bertz CT molecular complexity index is 1180. The van der Waals surface area contributed by atoms with Gasteiger partial charge in [-0.25, -0.2) is 0 Å². The van der Waals surface area contributed by atoms with Crippen LogP contribution < -0.4 is 14.2 Å². The maximum atomic E-state index is 13.3. The van der Waals surface area contributed by atoms with Gasteiger partial charge < -0.3 is 14.2 Å². The van der Waals surface area contributed by atoms with Crippen molar-refractivity contribution in [2.45, 2.75) is 18.9 Å². The molecule has 1 atom stereocenters. The fraction of sp³-hybridized carbons (Fsp3) is 0.250. The number of nitrogens with zero attached hydrogens (tertiary/aromatic N) is 1. The average Bonchev–Trinajstić information content (AvgIpc) is 3.32. The summed E-state index contributed by atoms with van der Waals surface area (Å²) in [6.45, 7) is 1.07. The van der Waals surface area contributed by atoms with E-state index in [0.717, 1.165) is 41.0 Å². The second-order valence-electron chi connectivity index (χ2n) is 8.46. The van der Waals surface area contributed by atoms with Gasteiger partial charge in [0.1, 0.15) is 0 Å². The molecule has 5 rings (SSSR count). The summed E-state index contributed by atoms with van der Waals surface area (Å²) in [5, 5.41) is 0. The van der Waals surface area contributed by atoms with E-state index < -0.39 is 0 Å². The molecule has 0 fully saturated rings. The summed E-state index contributed by atoms with van der Waals surface area (Å²) in [6.07, 6.45) is 5.38. The number of ether oxygens (including phenoxy) is 3. The summed E-state index contributed by atoms with van der Waals surface area (Å²) in [4.78, 5) is 15.5. The van der Waals surface area contributed by atoms with Gasteiger partial charge in [-0.1, -0.05) is 66.7 Å². The second kappa shape index (κ2) is 9.12. The van der Waals surface area contributed by atoms with Gasteiger partial charge >= 0.3 is 0 Å². The maximum absolute atomic E-state index is 13.3. The number of Topliss-reactive ketones (excluding diaryl/α,β-unsaturated/α-hetero) is 1. The molecule has 2 aliphatic rings. The van der Waals surface area contributed by atoms with E-state index in [2.05, 4.69) is 36.2 Å². The van der Waals surface area contributed by atoms with Gasteiger partial charge in [0.25, 0.3) is 0 Å². The van der Waals surface area contributed by atoms with Gasteiger partial charge in [-0.3, -0.25) is 9.69 Å². The Balaban J connectivity index is 1.37. The van der Waals surface area contributed by atoms with E-state index in [1.54, 1.807) is 7.11 Å². The monoisotopic (exact) mass is 441 g/mol. The van der Waals surface area contributed by atoms with Crippen molar-refractivity contribution in [3.8, 4) is 17.2 Å². The Morgan fingerprint density at radius 1 is 1.06 bits per heavy atom. The van der Waals surface area contributed by atoms with Crippen LogP contribution >= 0.6 is 0 Å². The fourth-order valence-corrected chi connectivity index (χ4v) is 4.61. The zero-order valence-corrected chi connectivity index (χ0v) is 18.9. The van der Waals surface area contributed by atoms with Gasteiger partial charge in [0.2, 0.25) is 12.5 Å². The first kappa shape index (κ1) is 21.3. The average molecular weight is 442 g/mol. The number of carbonyl (C=O) groups excluding carboxylic acids is 1. The highest BCUT2D eigenvalue weighted by molar-refractivity contribution is 5.97. The van der Waals surface area contributed by atoms with Crippen molar-refractivity contribution in [2.24, 2.45) is 0 Å². The van der Waals surface area contributed by atoms with Crippen LogP contribution in [0.2, 0.25) is 0 Å². The number of benzene rings is 3. The molecule has 3 aromatic rings. The zero-order valence-electron chi connectivity index (χ0n) is 18.9. The van der Waals surface area contributed by atoms with Crippen LogP contribution in [0.15, 0.2) is 60.7 Å². The molecule has 168 valence electrons. The van der Waals surface area contributed by atoms with Crippen LogP contribution in [0.4, 0.5) is 0 Å². The minimum Gasteiger partial charge on any atom is -0.492 e. The van der Waals surface area contributed by atoms with Crippen LogP contribution in [0.3, 0.4) is 0 Å². The van der Waals surface area contributed by atoms with Gasteiger partial charge in [-0.15, -0.1) is 0 Å². The molecule has 2 heterocycles. The van der Waals surface area contributed by atoms with Crippen LogP contribution in [0.25, 0.3) is 12.2 Å². The Kier molecular flexibility index (Phi) is 5.88.